The average molecular weight is 362 g/mol. The minimum Gasteiger partial charge on any atom is -0.379 e. The SMILES string of the molecule is Cc1sc2cc(C(=O)NC3CCCCC3)[nH]c2c1CN1CCOCC1. The summed E-state index contributed by atoms with van der Waals surface area (Å²) in [6.45, 7) is 6.69. The molecule has 5 nitrogen and oxygen atoms in total. The number of nitrogens with zero attached hydrogens (tertiary/aromatic N) is 1. The summed E-state index contributed by atoms with van der Waals surface area (Å²) in [6.07, 6.45) is 5.99. The van der Waals surface area contributed by atoms with Crippen LogP contribution >= 0.6 is 11.3 Å². The van der Waals surface area contributed by atoms with Gasteiger partial charge in [-0.2, -0.15) is 0 Å². The molecule has 1 saturated heterocycles. The number of morpholine rings is 1. The van der Waals surface area contributed by atoms with Crippen LogP contribution in [0.5, 0.6) is 0 Å². The molecule has 2 fully saturated rings. The zero-order valence-corrected chi connectivity index (χ0v) is 15.7. The van der Waals surface area contributed by atoms with Gasteiger partial charge in [0.15, 0.2) is 0 Å². The zero-order chi connectivity index (χ0) is 17.2. The number of aryl methyl sites for hydroxylation is 1. The second-order valence-electron chi connectivity index (χ2n) is 7.26. The maximum atomic E-state index is 12.6. The highest BCUT2D eigenvalue weighted by molar-refractivity contribution is 7.19. The Labute approximate surface area is 152 Å². The molecule has 0 radical (unpaired) electrons. The molecule has 25 heavy (non-hydrogen) atoms. The lowest BCUT2D eigenvalue weighted by Crippen LogP contribution is -2.36. The van der Waals surface area contributed by atoms with Gasteiger partial charge < -0.3 is 15.0 Å². The fraction of sp³-hybridized carbons (Fsp3) is 0.632. The minimum atomic E-state index is 0.0466. The van der Waals surface area contributed by atoms with Crippen LogP contribution in [0.3, 0.4) is 0 Å². The van der Waals surface area contributed by atoms with Crippen molar-refractivity contribution >= 4 is 27.5 Å². The largest absolute Gasteiger partial charge is 0.379 e. The summed E-state index contributed by atoms with van der Waals surface area (Å²) in [6, 6.07) is 2.37. The molecular formula is C19H27N3O2S. The topological polar surface area (TPSA) is 57.4 Å². The summed E-state index contributed by atoms with van der Waals surface area (Å²) < 4.78 is 6.63. The average Bonchev–Trinajstić information content (AvgIpc) is 3.16. The first-order valence-electron chi connectivity index (χ1n) is 9.42. The number of rotatable bonds is 4. The summed E-state index contributed by atoms with van der Waals surface area (Å²) in [5, 5.41) is 3.21. The molecule has 1 aliphatic carbocycles. The van der Waals surface area contributed by atoms with Gasteiger partial charge in [-0.25, -0.2) is 0 Å². The lowest BCUT2D eigenvalue weighted by atomic mass is 9.95. The molecule has 0 spiro atoms. The molecule has 2 N–H and O–H groups in total. The Morgan fingerprint density at radius 2 is 2.08 bits per heavy atom. The maximum absolute atomic E-state index is 12.6. The number of aromatic amines is 1. The Morgan fingerprint density at radius 3 is 2.84 bits per heavy atom. The van der Waals surface area contributed by atoms with Crippen molar-refractivity contribution in [3.8, 4) is 0 Å². The van der Waals surface area contributed by atoms with Crippen LogP contribution in [0.25, 0.3) is 10.2 Å². The molecule has 2 aromatic rings. The summed E-state index contributed by atoms with van der Waals surface area (Å²) in [4.78, 5) is 19.8. The molecular weight excluding hydrogens is 334 g/mol. The van der Waals surface area contributed by atoms with Crippen molar-refractivity contribution in [2.75, 3.05) is 26.3 Å². The number of aromatic nitrogens is 1. The van der Waals surface area contributed by atoms with Crippen LogP contribution in [0, 0.1) is 6.92 Å². The van der Waals surface area contributed by atoms with Gasteiger partial charge in [0, 0.05) is 36.1 Å². The van der Waals surface area contributed by atoms with Gasteiger partial charge in [-0.15, -0.1) is 11.3 Å². The first-order chi connectivity index (χ1) is 12.2. The van der Waals surface area contributed by atoms with Crippen molar-refractivity contribution in [2.24, 2.45) is 0 Å². The van der Waals surface area contributed by atoms with Gasteiger partial charge in [0.05, 0.1) is 23.4 Å². The molecule has 0 atom stereocenters. The van der Waals surface area contributed by atoms with E-state index in [4.69, 9.17) is 4.74 Å². The number of H-pyrrole nitrogens is 1. The molecule has 1 aliphatic heterocycles. The van der Waals surface area contributed by atoms with Crippen LogP contribution < -0.4 is 5.32 Å². The Balaban J connectivity index is 1.50. The summed E-state index contributed by atoms with van der Waals surface area (Å²) in [7, 11) is 0. The van der Waals surface area contributed by atoms with E-state index in [1.807, 2.05) is 6.07 Å². The molecule has 0 aromatic carbocycles. The van der Waals surface area contributed by atoms with Gasteiger partial charge >= 0.3 is 0 Å². The zero-order valence-electron chi connectivity index (χ0n) is 14.9. The monoisotopic (exact) mass is 361 g/mol. The van der Waals surface area contributed by atoms with E-state index in [-0.39, 0.29) is 5.91 Å². The van der Waals surface area contributed by atoms with Crippen LogP contribution in [0.1, 0.15) is 53.0 Å². The lowest BCUT2D eigenvalue weighted by Gasteiger charge is -2.26. The third-order valence-corrected chi connectivity index (χ3v) is 6.54. The van der Waals surface area contributed by atoms with Gasteiger partial charge in [0.2, 0.25) is 0 Å². The van der Waals surface area contributed by atoms with Crippen LogP contribution in [0.2, 0.25) is 0 Å². The van der Waals surface area contributed by atoms with Crippen LogP contribution in [-0.4, -0.2) is 48.1 Å². The second kappa shape index (κ2) is 7.48. The first-order valence-corrected chi connectivity index (χ1v) is 10.2. The molecule has 3 heterocycles. The van der Waals surface area contributed by atoms with Gasteiger partial charge in [0.25, 0.3) is 5.91 Å². The third kappa shape index (κ3) is 3.76. The van der Waals surface area contributed by atoms with Crippen LogP contribution in [0.15, 0.2) is 6.07 Å². The van der Waals surface area contributed by atoms with E-state index in [1.165, 1.54) is 34.4 Å². The number of carbonyl (C=O) groups excluding carboxylic acids is 1. The molecule has 1 saturated carbocycles. The normalized spacial score (nSPS) is 20.2. The molecule has 0 unspecified atom stereocenters. The van der Waals surface area contributed by atoms with E-state index < -0.39 is 0 Å². The highest BCUT2D eigenvalue weighted by Gasteiger charge is 2.21. The maximum Gasteiger partial charge on any atom is 0.267 e. The number of nitrogens with one attached hydrogen (secondary N) is 2. The number of ether oxygens (including phenoxy) is 1. The Hall–Kier alpha value is -1.37. The molecule has 2 aromatic heterocycles. The molecule has 1 amide bonds. The molecule has 0 bridgehead atoms. The van der Waals surface area contributed by atoms with Crippen LogP contribution in [0.4, 0.5) is 0 Å². The molecule has 2 aliphatic rings. The van der Waals surface area contributed by atoms with Crippen molar-refractivity contribution in [1.29, 1.82) is 0 Å². The van der Waals surface area contributed by atoms with E-state index in [0.29, 0.717) is 11.7 Å². The van der Waals surface area contributed by atoms with Gasteiger partial charge in [-0.05, 0) is 25.8 Å². The summed E-state index contributed by atoms with van der Waals surface area (Å²) in [5.74, 6) is 0.0466. The van der Waals surface area contributed by atoms with Crippen molar-refractivity contribution in [1.82, 2.24) is 15.2 Å². The van der Waals surface area contributed by atoms with E-state index in [1.54, 1.807) is 11.3 Å². The predicted octanol–water partition coefficient (Wildman–Crippen LogP) is 3.43. The summed E-state index contributed by atoms with van der Waals surface area (Å²) in [5.41, 5.74) is 3.18. The first kappa shape index (κ1) is 17.1. The summed E-state index contributed by atoms with van der Waals surface area (Å²) >= 11 is 1.78. The van der Waals surface area contributed by atoms with E-state index in [9.17, 15) is 4.79 Å². The smallest absolute Gasteiger partial charge is 0.267 e. The van der Waals surface area contributed by atoms with Crippen LogP contribution in [-0.2, 0) is 11.3 Å². The fourth-order valence-corrected chi connectivity index (χ4v) is 5.02. The Bertz CT molecular complexity index is 739. The number of amides is 1. The van der Waals surface area contributed by atoms with Gasteiger partial charge in [-0.3, -0.25) is 9.69 Å². The van der Waals surface area contributed by atoms with E-state index in [2.05, 4.69) is 22.1 Å². The minimum absolute atomic E-state index is 0.0466. The Kier molecular flexibility index (Phi) is 5.10. The Morgan fingerprint density at radius 1 is 1.32 bits per heavy atom. The van der Waals surface area contributed by atoms with Crippen molar-refractivity contribution in [3.63, 3.8) is 0 Å². The van der Waals surface area contributed by atoms with Crippen molar-refractivity contribution in [2.45, 2.75) is 51.6 Å². The molecule has 6 heteroatoms. The number of hydrogen-bond acceptors (Lipinski definition) is 4. The van der Waals surface area contributed by atoms with Gasteiger partial charge in [-0.1, -0.05) is 19.3 Å². The highest BCUT2D eigenvalue weighted by atomic mass is 32.1. The second-order valence-corrected chi connectivity index (χ2v) is 8.51. The van der Waals surface area contributed by atoms with Crippen molar-refractivity contribution < 1.29 is 9.53 Å². The number of fused-ring (bicyclic) bond motifs is 1. The van der Waals surface area contributed by atoms with Gasteiger partial charge in [0.1, 0.15) is 5.69 Å². The number of hydrogen-bond donors (Lipinski definition) is 2. The standard InChI is InChI=1S/C19H27N3O2S/c1-13-15(12-22-7-9-24-10-8-22)18-17(25-13)11-16(21-18)19(23)20-14-5-3-2-4-6-14/h11,14,21H,2-10,12H2,1H3,(H,20,23). The third-order valence-electron chi connectivity index (χ3n) is 5.44. The number of thiophene rings is 1. The lowest BCUT2D eigenvalue weighted by molar-refractivity contribution is 0.0343. The van der Waals surface area contributed by atoms with E-state index >= 15 is 0 Å². The number of carbonyl (C=O) groups is 1. The molecule has 4 rings (SSSR count). The highest BCUT2D eigenvalue weighted by Crippen LogP contribution is 2.32. The van der Waals surface area contributed by atoms with Crippen molar-refractivity contribution in [3.05, 3.63) is 22.2 Å². The fourth-order valence-electron chi connectivity index (χ4n) is 3.95. The molecule has 136 valence electrons. The predicted molar refractivity (Wildman–Crippen MR) is 101 cm³/mol. The quantitative estimate of drug-likeness (QED) is 0.877. The van der Waals surface area contributed by atoms with E-state index in [0.717, 1.165) is 51.2 Å².